The molecule has 0 aliphatic carbocycles. The predicted molar refractivity (Wildman–Crippen MR) is 123 cm³/mol. The second kappa shape index (κ2) is 8.94. The van der Waals surface area contributed by atoms with Crippen LogP contribution in [0, 0.1) is 24.0 Å². The molecule has 2 aromatic carbocycles. The van der Waals surface area contributed by atoms with Crippen LogP contribution in [0.15, 0.2) is 36.4 Å². The number of nitro groups is 1. The number of nitrogens with one attached hydrogen (secondary N) is 1. The average Bonchev–Trinajstić information content (AvgIpc) is 3.39. The Morgan fingerprint density at radius 3 is 2.61 bits per heavy atom. The van der Waals surface area contributed by atoms with Crippen LogP contribution in [0.4, 0.5) is 16.5 Å². The van der Waals surface area contributed by atoms with Gasteiger partial charge in [0.25, 0.3) is 5.91 Å². The summed E-state index contributed by atoms with van der Waals surface area (Å²) in [6, 6.07) is 9.96. The molecule has 2 amide bonds. The maximum absolute atomic E-state index is 12.6. The molecule has 11 heteroatoms. The number of hydrogen-bond donors (Lipinski definition) is 1. The molecule has 1 N–H and O–H groups in total. The summed E-state index contributed by atoms with van der Waals surface area (Å²) in [5.74, 6) is -0.614. The lowest BCUT2D eigenvalue weighted by Crippen LogP contribution is -2.24. The fourth-order valence-electron chi connectivity index (χ4n) is 3.82. The molecule has 1 aliphatic rings. The van der Waals surface area contributed by atoms with Gasteiger partial charge in [0.1, 0.15) is 5.01 Å². The zero-order chi connectivity index (χ0) is 23.7. The number of nitro benzene ring substituents is 1. The molecular formula is C22H21N5O5S. The maximum Gasteiger partial charge on any atom is 0.311 e. The van der Waals surface area contributed by atoms with E-state index in [9.17, 15) is 19.7 Å². The van der Waals surface area contributed by atoms with Crippen molar-refractivity contribution in [1.29, 1.82) is 0 Å². The van der Waals surface area contributed by atoms with E-state index in [-0.39, 0.29) is 34.0 Å². The molecule has 10 nitrogen and oxygen atoms in total. The summed E-state index contributed by atoms with van der Waals surface area (Å²) < 4.78 is 4.96. The first-order valence-electron chi connectivity index (χ1n) is 10.1. The summed E-state index contributed by atoms with van der Waals surface area (Å²) in [6.45, 7) is 4.46. The molecular weight excluding hydrogens is 446 g/mol. The lowest BCUT2D eigenvalue weighted by Gasteiger charge is -2.17. The molecule has 4 rings (SSSR count). The first-order valence-corrected chi connectivity index (χ1v) is 10.9. The van der Waals surface area contributed by atoms with Gasteiger partial charge in [-0.05, 0) is 49.2 Å². The number of anilines is 2. The van der Waals surface area contributed by atoms with E-state index in [1.54, 1.807) is 4.90 Å². The van der Waals surface area contributed by atoms with Gasteiger partial charge in [-0.15, -0.1) is 10.2 Å². The van der Waals surface area contributed by atoms with Gasteiger partial charge in [0.05, 0.1) is 12.0 Å². The van der Waals surface area contributed by atoms with Crippen LogP contribution in [-0.2, 0) is 4.79 Å². The predicted octanol–water partition coefficient (Wildman–Crippen LogP) is 3.84. The maximum atomic E-state index is 12.6. The fraction of sp³-hybridized carbons (Fsp3) is 0.273. The average molecular weight is 468 g/mol. The summed E-state index contributed by atoms with van der Waals surface area (Å²) in [7, 11) is 1.32. The summed E-state index contributed by atoms with van der Waals surface area (Å²) in [6.07, 6.45) is 0.306. The van der Waals surface area contributed by atoms with E-state index in [1.807, 2.05) is 26.0 Å². The van der Waals surface area contributed by atoms with Crippen molar-refractivity contribution in [2.75, 3.05) is 23.9 Å². The first-order chi connectivity index (χ1) is 15.7. The summed E-state index contributed by atoms with van der Waals surface area (Å²) >= 11 is 1.19. The number of carbonyl (C=O) groups is 2. The highest BCUT2D eigenvalue weighted by molar-refractivity contribution is 7.15. The van der Waals surface area contributed by atoms with Crippen molar-refractivity contribution >= 4 is 39.7 Å². The molecule has 0 bridgehead atoms. The van der Waals surface area contributed by atoms with Gasteiger partial charge in [-0.25, -0.2) is 0 Å². The van der Waals surface area contributed by atoms with Crippen molar-refractivity contribution < 1.29 is 19.2 Å². The number of benzene rings is 2. The molecule has 2 heterocycles. The number of aryl methyl sites for hydroxylation is 2. The normalized spacial score (nSPS) is 15.5. The van der Waals surface area contributed by atoms with E-state index in [4.69, 9.17) is 4.74 Å². The first kappa shape index (κ1) is 22.3. The van der Waals surface area contributed by atoms with Crippen LogP contribution in [0.3, 0.4) is 0 Å². The second-order valence-electron chi connectivity index (χ2n) is 7.79. The highest BCUT2D eigenvalue weighted by atomic mass is 32.1. The SMILES string of the molecule is COc1ccc(C(=O)Nc2nnc(C3CC(=O)N(c4cc(C)cc(C)c4)C3)s2)cc1[N+](=O)[O-]. The number of ether oxygens (including phenoxy) is 1. The minimum Gasteiger partial charge on any atom is -0.490 e. The summed E-state index contributed by atoms with van der Waals surface area (Å²) in [5.41, 5.74) is 2.82. The summed E-state index contributed by atoms with van der Waals surface area (Å²) in [5, 5.41) is 22.9. The highest BCUT2D eigenvalue weighted by Crippen LogP contribution is 2.35. The number of aromatic nitrogens is 2. The Balaban J connectivity index is 1.47. The van der Waals surface area contributed by atoms with Crippen LogP contribution >= 0.6 is 11.3 Å². The van der Waals surface area contributed by atoms with Crippen molar-refractivity contribution in [2.24, 2.45) is 0 Å². The largest absolute Gasteiger partial charge is 0.490 e. The number of methoxy groups -OCH3 is 1. The van der Waals surface area contributed by atoms with Gasteiger partial charge in [-0.1, -0.05) is 17.4 Å². The zero-order valence-corrected chi connectivity index (χ0v) is 19.0. The van der Waals surface area contributed by atoms with Crippen LogP contribution < -0.4 is 15.0 Å². The Morgan fingerprint density at radius 1 is 1.21 bits per heavy atom. The van der Waals surface area contributed by atoms with E-state index in [0.29, 0.717) is 18.0 Å². The Kier molecular flexibility index (Phi) is 6.05. The third-order valence-electron chi connectivity index (χ3n) is 5.29. The van der Waals surface area contributed by atoms with Crippen LogP contribution in [-0.4, -0.2) is 40.6 Å². The van der Waals surface area contributed by atoms with Gasteiger partial charge in [0, 0.05) is 36.2 Å². The van der Waals surface area contributed by atoms with Gasteiger partial charge in [-0.3, -0.25) is 25.0 Å². The van der Waals surface area contributed by atoms with Gasteiger partial charge >= 0.3 is 5.69 Å². The van der Waals surface area contributed by atoms with Crippen molar-refractivity contribution in [2.45, 2.75) is 26.2 Å². The molecule has 170 valence electrons. The van der Waals surface area contributed by atoms with E-state index in [2.05, 4.69) is 21.6 Å². The van der Waals surface area contributed by atoms with Crippen LogP contribution in [0.25, 0.3) is 0 Å². The van der Waals surface area contributed by atoms with Crippen molar-refractivity contribution in [1.82, 2.24) is 10.2 Å². The molecule has 1 atom stereocenters. The third-order valence-corrected chi connectivity index (χ3v) is 6.29. The molecule has 0 radical (unpaired) electrons. The molecule has 1 aliphatic heterocycles. The van der Waals surface area contributed by atoms with Gasteiger partial charge in [0.2, 0.25) is 11.0 Å². The number of hydrogen-bond acceptors (Lipinski definition) is 8. The van der Waals surface area contributed by atoms with Crippen LogP contribution in [0.1, 0.15) is 38.8 Å². The molecule has 0 spiro atoms. The zero-order valence-electron chi connectivity index (χ0n) is 18.2. The molecule has 3 aromatic rings. The van der Waals surface area contributed by atoms with Crippen molar-refractivity contribution in [3.8, 4) is 5.75 Å². The molecule has 1 unspecified atom stereocenters. The van der Waals surface area contributed by atoms with E-state index < -0.39 is 10.8 Å². The molecule has 0 saturated carbocycles. The smallest absolute Gasteiger partial charge is 0.311 e. The van der Waals surface area contributed by atoms with E-state index in [0.717, 1.165) is 22.9 Å². The monoisotopic (exact) mass is 467 g/mol. The second-order valence-corrected chi connectivity index (χ2v) is 8.80. The van der Waals surface area contributed by atoms with E-state index in [1.165, 1.54) is 30.6 Å². The topological polar surface area (TPSA) is 128 Å². The van der Waals surface area contributed by atoms with Gasteiger partial charge < -0.3 is 9.64 Å². The molecule has 1 aromatic heterocycles. The number of carbonyl (C=O) groups excluding carboxylic acids is 2. The Hall–Kier alpha value is -3.86. The van der Waals surface area contributed by atoms with Gasteiger partial charge in [-0.2, -0.15) is 0 Å². The number of rotatable bonds is 6. The third kappa shape index (κ3) is 4.67. The quantitative estimate of drug-likeness (QED) is 0.431. The Morgan fingerprint density at radius 2 is 1.94 bits per heavy atom. The van der Waals surface area contributed by atoms with Crippen molar-refractivity contribution in [3.05, 3.63) is 68.2 Å². The van der Waals surface area contributed by atoms with Crippen LogP contribution in [0.2, 0.25) is 0 Å². The number of amides is 2. The Labute approximate surface area is 193 Å². The molecule has 33 heavy (non-hydrogen) atoms. The minimum atomic E-state index is -0.614. The minimum absolute atomic E-state index is 0.0105. The fourth-order valence-corrected chi connectivity index (χ4v) is 4.65. The van der Waals surface area contributed by atoms with Crippen molar-refractivity contribution in [3.63, 3.8) is 0 Å². The molecule has 1 saturated heterocycles. The lowest BCUT2D eigenvalue weighted by molar-refractivity contribution is -0.385. The van der Waals surface area contributed by atoms with E-state index >= 15 is 0 Å². The van der Waals surface area contributed by atoms with Gasteiger partial charge in [0.15, 0.2) is 5.75 Å². The lowest BCUT2D eigenvalue weighted by atomic mass is 10.1. The highest BCUT2D eigenvalue weighted by Gasteiger charge is 2.34. The number of nitrogens with zero attached hydrogens (tertiary/aromatic N) is 4. The summed E-state index contributed by atoms with van der Waals surface area (Å²) in [4.78, 5) is 37.5. The standard InChI is InChI=1S/C22H21N5O5S/c1-12-6-13(2)8-16(7-12)26-11-15(10-19(26)28)21-24-25-22(33-21)23-20(29)14-4-5-18(32-3)17(9-14)27(30)31/h4-9,15H,10-11H2,1-3H3,(H,23,25,29). The Bertz CT molecular complexity index is 1240. The molecule has 1 fully saturated rings. The van der Waals surface area contributed by atoms with Crippen LogP contribution in [0.5, 0.6) is 5.75 Å².